The maximum atomic E-state index is 12.9. The van der Waals surface area contributed by atoms with E-state index in [1.54, 1.807) is 0 Å². The van der Waals surface area contributed by atoms with Crippen molar-refractivity contribution in [1.29, 1.82) is 0 Å². The highest BCUT2D eigenvalue weighted by atomic mass is 32.2. The van der Waals surface area contributed by atoms with Crippen LogP contribution in [0.5, 0.6) is 0 Å². The monoisotopic (exact) mass is 450 g/mol. The van der Waals surface area contributed by atoms with Crippen molar-refractivity contribution in [3.8, 4) is 0 Å². The Hall–Kier alpha value is -2.79. The van der Waals surface area contributed by atoms with E-state index in [1.165, 1.54) is 37.5 Å². The predicted octanol–water partition coefficient (Wildman–Crippen LogP) is 2.21. The molecule has 11 heteroatoms. The lowest BCUT2D eigenvalue weighted by Gasteiger charge is -2.10. The van der Waals surface area contributed by atoms with Crippen LogP contribution in [-0.4, -0.2) is 50.3 Å². The fourth-order valence-corrected chi connectivity index (χ4v) is 4.31. The Bertz CT molecular complexity index is 1050. The molecule has 1 fully saturated rings. The summed E-state index contributed by atoms with van der Waals surface area (Å²) in [6.07, 6.45) is 6.26. The van der Waals surface area contributed by atoms with Gasteiger partial charge in [-0.2, -0.15) is 0 Å². The zero-order valence-corrected chi connectivity index (χ0v) is 18.2. The molecule has 2 N–H and O–H groups in total. The molecule has 2 aromatic rings. The van der Waals surface area contributed by atoms with Crippen LogP contribution >= 0.6 is 11.3 Å². The van der Waals surface area contributed by atoms with Crippen LogP contribution in [0, 0.1) is 0 Å². The molecule has 2 amide bonds. The van der Waals surface area contributed by atoms with Gasteiger partial charge < -0.3 is 10.2 Å². The molecular weight excluding hydrogens is 428 g/mol. The quantitative estimate of drug-likeness (QED) is 0.492. The third kappa shape index (κ3) is 5.42. The van der Waals surface area contributed by atoms with Gasteiger partial charge in [0.05, 0.1) is 11.1 Å². The average Bonchev–Trinajstić information content (AvgIpc) is 3.39. The van der Waals surface area contributed by atoms with E-state index in [2.05, 4.69) is 20.8 Å². The van der Waals surface area contributed by atoms with E-state index in [1.807, 2.05) is 0 Å². The van der Waals surface area contributed by atoms with E-state index < -0.39 is 15.7 Å². The summed E-state index contributed by atoms with van der Waals surface area (Å²) in [6.45, 7) is 0. The van der Waals surface area contributed by atoms with Crippen LogP contribution < -0.4 is 10.6 Å². The second-order valence-electron chi connectivity index (χ2n) is 6.81. The largest absolute Gasteiger partial charge is 0.392 e. The lowest BCUT2D eigenvalue weighted by molar-refractivity contribution is -0.110. The van der Waals surface area contributed by atoms with Gasteiger partial charge in [0.2, 0.25) is 0 Å². The molecule has 0 spiro atoms. The summed E-state index contributed by atoms with van der Waals surface area (Å²) >= 11 is 1.03. The number of oxime groups is 1. The van der Waals surface area contributed by atoms with Crippen molar-refractivity contribution in [2.75, 3.05) is 18.6 Å². The van der Waals surface area contributed by atoms with Crippen LogP contribution in [0.15, 0.2) is 40.5 Å². The zero-order chi connectivity index (χ0) is 21.7. The van der Waals surface area contributed by atoms with Crippen LogP contribution in [0.2, 0.25) is 0 Å². The second-order valence-corrected chi connectivity index (χ2v) is 9.86. The van der Waals surface area contributed by atoms with Gasteiger partial charge in [-0.05, 0) is 37.8 Å². The summed E-state index contributed by atoms with van der Waals surface area (Å²) in [7, 11) is -1.86. The van der Waals surface area contributed by atoms with Crippen LogP contribution in [0.3, 0.4) is 0 Å². The first-order valence-corrected chi connectivity index (χ1v) is 12.0. The molecule has 0 radical (unpaired) electrons. The highest BCUT2D eigenvalue weighted by Crippen LogP contribution is 2.22. The minimum atomic E-state index is -3.37. The standard InChI is InChI=1S/C19H22N4O5S2/c1-20-17(24)15-11-21-19(29-15)22-18(25)16(23-28-13-5-3-4-6-13)12-7-9-14(10-8-12)30(2,26)27/h7-11,13H,3-6H2,1-2H3,(H,20,24)(H,21,22,25)/b23-16+. The minimum Gasteiger partial charge on any atom is -0.392 e. The van der Waals surface area contributed by atoms with Gasteiger partial charge in [-0.15, -0.1) is 0 Å². The Balaban J connectivity index is 1.84. The number of aromatic nitrogens is 1. The van der Waals surface area contributed by atoms with Gasteiger partial charge in [0.25, 0.3) is 11.8 Å². The van der Waals surface area contributed by atoms with Gasteiger partial charge in [-0.25, -0.2) is 13.4 Å². The Labute approximate surface area is 178 Å². The van der Waals surface area contributed by atoms with Gasteiger partial charge >= 0.3 is 0 Å². The third-order valence-electron chi connectivity index (χ3n) is 4.54. The molecule has 30 heavy (non-hydrogen) atoms. The summed E-state index contributed by atoms with van der Waals surface area (Å²) < 4.78 is 23.4. The van der Waals surface area contributed by atoms with Gasteiger partial charge in [0.1, 0.15) is 11.0 Å². The first kappa shape index (κ1) is 21.9. The van der Waals surface area contributed by atoms with E-state index in [-0.39, 0.29) is 27.7 Å². The topological polar surface area (TPSA) is 127 Å². The van der Waals surface area contributed by atoms with Crippen molar-refractivity contribution in [3.05, 3.63) is 40.9 Å². The van der Waals surface area contributed by atoms with Gasteiger partial charge in [0.15, 0.2) is 20.7 Å². The number of rotatable bonds is 7. The number of sulfone groups is 1. The third-order valence-corrected chi connectivity index (χ3v) is 6.58. The van der Waals surface area contributed by atoms with Crippen molar-refractivity contribution in [2.45, 2.75) is 36.7 Å². The number of amides is 2. The lowest BCUT2D eigenvalue weighted by Crippen LogP contribution is -2.25. The van der Waals surface area contributed by atoms with Crippen molar-refractivity contribution < 1.29 is 22.8 Å². The number of hydrogen-bond acceptors (Lipinski definition) is 8. The number of thiazole rings is 1. The maximum absolute atomic E-state index is 12.9. The van der Waals surface area contributed by atoms with Crippen molar-refractivity contribution in [1.82, 2.24) is 10.3 Å². The Kier molecular flexibility index (Phi) is 6.83. The molecule has 0 bridgehead atoms. The summed E-state index contributed by atoms with van der Waals surface area (Å²) in [5.74, 6) is -0.874. The van der Waals surface area contributed by atoms with E-state index in [9.17, 15) is 18.0 Å². The van der Waals surface area contributed by atoms with Crippen LogP contribution in [0.1, 0.15) is 40.9 Å². The molecule has 0 unspecified atom stereocenters. The van der Waals surface area contributed by atoms with Crippen LogP contribution in [0.4, 0.5) is 5.13 Å². The molecule has 0 atom stereocenters. The fourth-order valence-electron chi connectivity index (χ4n) is 2.92. The number of carbonyl (C=O) groups is 2. The highest BCUT2D eigenvalue weighted by Gasteiger charge is 2.21. The Morgan fingerprint density at radius 1 is 1.20 bits per heavy atom. The summed E-state index contributed by atoms with van der Waals surface area (Å²) in [6, 6.07) is 5.83. The molecule has 1 aromatic carbocycles. The molecule has 1 aliphatic rings. The Morgan fingerprint density at radius 2 is 1.87 bits per heavy atom. The normalized spacial score (nSPS) is 15.1. The smallest absolute Gasteiger partial charge is 0.280 e. The molecular formula is C19H22N4O5S2. The summed E-state index contributed by atoms with van der Waals surface area (Å²) in [5, 5.41) is 9.42. The fraction of sp³-hybridized carbons (Fsp3) is 0.368. The summed E-state index contributed by atoms with van der Waals surface area (Å²) in [4.78, 5) is 34.6. The first-order chi connectivity index (χ1) is 14.3. The van der Waals surface area contributed by atoms with Gasteiger partial charge in [-0.3, -0.25) is 14.9 Å². The SMILES string of the molecule is CNC(=O)c1cnc(NC(=O)/C(=N/OC2CCCC2)c2ccc(S(C)(=O)=O)cc2)s1. The van der Waals surface area contributed by atoms with Gasteiger partial charge in [0, 0.05) is 18.9 Å². The van der Waals surface area contributed by atoms with E-state index in [0.29, 0.717) is 10.4 Å². The lowest BCUT2D eigenvalue weighted by atomic mass is 10.1. The molecule has 0 saturated heterocycles. The number of anilines is 1. The maximum Gasteiger partial charge on any atom is 0.280 e. The minimum absolute atomic E-state index is 0.00126. The number of hydrogen-bond donors (Lipinski definition) is 2. The Morgan fingerprint density at radius 3 is 2.47 bits per heavy atom. The molecule has 3 rings (SSSR count). The van der Waals surface area contributed by atoms with E-state index >= 15 is 0 Å². The highest BCUT2D eigenvalue weighted by molar-refractivity contribution is 7.90. The van der Waals surface area contributed by atoms with Crippen molar-refractivity contribution in [2.24, 2.45) is 5.16 Å². The van der Waals surface area contributed by atoms with E-state index in [4.69, 9.17) is 4.84 Å². The molecule has 0 aliphatic heterocycles. The number of benzene rings is 1. The molecule has 9 nitrogen and oxygen atoms in total. The van der Waals surface area contributed by atoms with Crippen LogP contribution in [-0.2, 0) is 19.5 Å². The van der Waals surface area contributed by atoms with Crippen molar-refractivity contribution >= 4 is 43.8 Å². The molecule has 160 valence electrons. The zero-order valence-electron chi connectivity index (χ0n) is 16.5. The second kappa shape index (κ2) is 9.35. The van der Waals surface area contributed by atoms with E-state index in [0.717, 1.165) is 43.3 Å². The first-order valence-electron chi connectivity index (χ1n) is 9.31. The number of carbonyl (C=O) groups excluding carboxylic acids is 2. The average molecular weight is 451 g/mol. The van der Waals surface area contributed by atoms with Gasteiger partial charge in [-0.1, -0.05) is 28.6 Å². The number of nitrogens with one attached hydrogen (secondary N) is 2. The molecule has 1 heterocycles. The summed E-state index contributed by atoms with van der Waals surface area (Å²) in [5.41, 5.74) is 0.402. The van der Waals surface area contributed by atoms with Crippen molar-refractivity contribution in [3.63, 3.8) is 0 Å². The molecule has 1 saturated carbocycles. The molecule has 1 aromatic heterocycles. The number of nitrogens with zero attached hydrogens (tertiary/aromatic N) is 2. The van der Waals surface area contributed by atoms with Crippen LogP contribution in [0.25, 0.3) is 0 Å². The molecule has 1 aliphatic carbocycles. The predicted molar refractivity (Wildman–Crippen MR) is 114 cm³/mol.